The molecular weight excluding hydrogens is 423 g/mol. The van der Waals surface area contributed by atoms with Crippen LogP contribution in [0.5, 0.6) is 5.88 Å². The summed E-state index contributed by atoms with van der Waals surface area (Å²) in [6.45, 7) is 6.94. The van der Waals surface area contributed by atoms with Gasteiger partial charge in [0.25, 0.3) is 0 Å². The highest BCUT2D eigenvalue weighted by molar-refractivity contribution is 14.0. The summed E-state index contributed by atoms with van der Waals surface area (Å²) in [4.78, 5) is 8.84. The molecule has 0 bridgehead atoms. The second-order valence-corrected chi connectivity index (χ2v) is 5.00. The van der Waals surface area contributed by atoms with Gasteiger partial charge in [0.2, 0.25) is 5.88 Å². The van der Waals surface area contributed by atoms with E-state index < -0.39 is 0 Å². The third-order valence-corrected chi connectivity index (χ3v) is 2.93. The quantitative estimate of drug-likeness (QED) is 0.244. The van der Waals surface area contributed by atoms with Crippen LogP contribution in [0.15, 0.2) is 23.3 Å². The number of guanidine groups is 1. The number of methoxy groups -OCH3 is 2. The van der Waals surface area contributed by atoms with E-state index in [9.17, 15) is 0 Å². The van der Waals surface area contributed by atoms with Gasteiger partial charge in [0, 0.05) is 38.6 Å². The number of pyridine rings is 1. The van der Waals surface area contributed by atoms with Crippen LogP contribution >= 0.6 is 24.0 Å². The van der Waals surface area contributed by atoms with Crippen LogP contribution in [-0.4, -0.2) is 57.6 Å². The van der Waals surface area contributed by atoms with Crippen molar-refractivity contribution in [2.45, 2.75) is 26.4 Å². The van der Waals surface area contributed by atoms with Crippen molar-refractivity contribution in [2.75, 3.05) is 40.6 Å². The molecule has 0 spiro atoms. The molecule has 0 saturated carbocycles. The molecule has 1 aromatic heterocycles. The van der Waals surface area contributed by atoms with Gasteiger partial charge < -0.3 is 24.8 Å². The molecule has 0 aliphatic carbocycles. The molecule has 0 aliphatic rings. The molecular formula is C16H29IN4O3. The summed E-state index contributed by atoms with van der Waals surface area (Å²) in [6.07, 6.45) is 1.71. The lowest BCUT2D eigenvalue weighted by Crippen LogP contribution is -2.43. The van der Waals surface area contributed by atoms with Gasteiger partial charge >= 0.3 is 0 Å². The summed E-state index contributed by atoms with van der Waals surface area (Å²) in [7, 11) is 3.32. The third kappa shape index (κ3) is 9.24. The maximum absolute atomic E-state index is 5.62. The zero-order valence-corrected chi connectivity index (χ0v) is 17.2. The van der Waals surface area contributed by atoms with Crippen LogP contribution in [0.1, 0.15) is 19.4 Å². The minimum atomic E-state index is 0. The Hall–Kier alpha value is -1.13. The Morgan fingerprint density at radius 2 is 2.08 bits per heavy atom. The van der Waals surface area contributed by atoms with E-state index in [1.165, 1.54) is 0 Å². The van der Waals surface area contributed by atoms with Crippen molar-refractivity contribution in [1.29, 1.82) is 0 Å². The fraction of sp³-hybridized carbons (Fsp3) is 0.625. The highest BCUT2D eigenvalue weighted by Gasteiger charge is 2.07. The summed E-state index contributed by atoms with van der Waals surface area (Å²) in [5.41, 5.74) is 0.931. The Balaban J connectivity index is 0.00000529. The Morgan fingerprint density at radius 3 is 2.75 bits per heavy atom. The van der Waals surface area contributed by atoms with E-state index in [0.29, 0.717) is 32.2 Å². The zero-order valence-electron chi connectivity index (χ0n) is 14.9. The van der Waals surface area contributed by atoms with Gasteiger partial charge in [0.1, 0.15) is 6.61 Å². The number of nitrogens with zero attached hydrogens (tertiary/aromatic N) is 2. The van der Waals surface area contributed by atoms with Gasteiger partial charge in [-0.3, -0.25) is 0 Å². The lowest BCUT2D eigenvalue weighted by molar-refractivity contribution is 0.143. The highest BCUT2D eigenvalue weighted by atomic mass is 127. The van der Waals surface area contributed by atoms with Gasteiger partial charge in [0.15, 0.2) is 5.96 Å². The van der Waals surface area contributed by atoms with Gasteiger partial charge in [-0.25, -0.2) is 9.98 Å². The molecule has 7 nitrogen and oxygen atoms in total. The van der Waals surface area contributed by atoms with Crippen LogP contribution in [-0.2, 0) is 16.0 Å². The standard InChI is InChI=1S/C16H28N4O3.HI/c1-5-17-16(20-13(2)12-22-4)19-11-14-7-6-8-18-15(14)23-10-9-21-3;/h6-8,13H,5,9-12H2,1-4H3,(H2,17,19,20);1H. The molecule has 24 heavy (non-hydrogen) atoms. The first-order chi connectivity index (χ1) is 11.2. The van der Waals surface area contributed by atoms with Crippen molar-refractivity contribution < 1.29 is 14.2 Å². The normalized spacial score (nSPS) is 12.2. The second kappa shape index (κ2) is 14.2. The Morgan fingerprint density at radius 1 is 1.29 bits per heavy atom. The first-order valence-electron chi connectivity index (χ1n) is 7.80. The van der Waals surface area contributed by atoms with Gasteiger partial charge in [-0.15, -0.1) is 24.0 Å². The van der Waals surface area contributed by atoms with Crippen molar-refractivity contribution in [2.24, 2.45) is 4.99 Å². The SMILES string of the molecule is CCNC(=NCc1cccnc1OCCOC)NC(C)COC.I. The lowest BCUT2D eigenvalue weighted by Gasteiger charge is -2.17. The van der Waals surface area contributed by atoms with Crippen LogP contribution in [0.3, 0.4) is 0 Å². The van der Waals surface area contributed by atoms with E-state index in [4.69, 9.17) is 14.2 Å². The van der Waals surface area contributed by atoms with E-state index >= 15 is 0 Å². The number of hydrogen-bond donors (Lipinski definition) is 2. The van der Waals surface area contributed by atoms with E-state index in [1.54, 1.807) is 20.4 Å². The first kappa shape index (κ1) is 22.9. The summed E-state index contributed by atoms with van der Waals surface area (Å²) >= 11 is 0. The van der Waals surface area contributed by atoms with Crippen molar-refractivity contribution in [3.63, 3.8) is 0 Å². The predicted molar refractivity (Wildman–Crippen MR) is 106 cm³/mol. The molecule has 138 valence electrons. The minimum absolute atomic E-state index is 0. The van der Waals surface area contributed by atoms with Gasteiger partial charge in [-0.2, -0.15) is 0 Å². The Labute approximate surface area is 161 Å². The predicted octanol–water partition coefficient (Wildman–Crippen LogP) is 1.81. The number of aliphatic imine (C=N–C) groups is 1. The summed E-state index contributed by atoms with van der Waals surface area (Å²) in [5, 5.41) is 6.51. The van der Waals surface area contributed by atoms with Crippen LogP contribution < -0.4 is 15.4 Å². The molecule has 2 N–H and O–H groups in total. The molecule has 0 amide bonds. The van der Waals surface area contributed by atoms with Crippen molar-refractivity contribution in [1.82, 2.24) is 15.6 Å². The topological polar surface area (TPSA) is 77.0 Å². The number of halogens is 1. The molecule has 1 atom stereocenters. The van der Waals surface area contributed by atoms with Crippen molar-refractivity contribution >= 4 is 29.9 Å². The minimum Gasteiger partial charge on any atom is -0.475 e. The van der Waals surface area contributed by atoms with Crippen LogP contribution in [0.2, 0.25) is 0 Å². The Bertz CT molecular complexity index is 474. The molecule has 0 aromatic carbocycles. The van der Waals surface area contributed by atoms with Crippen molar-refractivity contribution in [3.05, 3.63) is 23.9 Å². The molecule has 0 radical (unpaired) electrons. The molecule has 1 unspecified atom stereocenters. The molecule has 0 fully saturated rings. The average molecular weight is 452 g/mol. The number of nitrogens with one attached hydrogen (secondary N) is 2. The first-order valence-corrected chi connectivity index (χ1v) is 7.80. The average Bonchev–Trinajstić information content (AvgIpc) is 2.54. The molecule has 1 heterocycles. The highest BCUT2D eigenvalue weighted by Crippen LogP contribution is 2.15. The number of aromatic nitrogens is 1. The van der Waals surface area contributed by atoms with E-state index in [1.807, 2.05) is 26.0 Å². The summed E-state index contributed by atoms with van der Waals surface area (Å²) < 4.78 is 15.7. The smallest absolute Gasteiger partial charge is 0.218 e. The molecule has 1 rings (SSSR count). The van der Waals surface area contributed by atoms with Crippen molar-refractivity contribution in [3.8, 4) is 5.88 Å². The fourth-order valence-electron chi connectivity index (χ4n) is 1.91. The van der Waals surface area contributed by atoms with Crippen LogP contribution in [0, 0.1) is 0 Å². The Kier molecular flexibility index (Phi) is 13.6. The van der Waals surface area contributed by atoms with Crippen LogP contribution in [0.4, 0.5) is 0 Å². The van der Waals surface area contributed by atoms with Gasteiger partial charge in [0.05, 0.1) is 19.8 Å². The number of ether oxygens (including phenoxy) is 3. The van der Waals surface area contributed by atoms with Crippen LogP contribution in [0.25, 0.3) is 0 Å². The molecule has 1 aromatic rings. The number of hydrogen-bond acceptors (Lipinski definition) is 5. The largest absolute Gasteiger partial charge is 0.475 e. The second-order valence-electron chi connectivity index (χ2n) is 5.00. The van der Waals surface area contributed by atoms with E-state index in [-0.39, 0.29) is 30.0 Å². The molecule has 0 aliphatic heterocycles. The maximum Gasteiger partial charge on any atom is 0.218 e. The molecule has 8 heteroatoms. The number of rotatable bonds is 10. The summed E-state index contributed by atoms with van der Waals surface area (Å²) in [5.74, 6) is 1.33. The lowest BCUT2D eigenvalue weighted by atomic mass is 10.3. The van der Waals surface area contributed by atoms with E-state index in [0.717, 1.165) is 18.1 Å². The third-order valence-electron chi connectivity index (χ3n) is 2.93. The fourth-order valence-corrected chi connectivity index (χ4v) is 1.91. The molecule has 0 saturated heterocycles. The monoisotopic (exact) mass is 452 g/mol. The summed E-state index contributed by atoms with van der Waals surface area (Å²) in [6, 6.07) is 4.01. The maximum atomic E-state index is 5.62. The van der Waals surface area contributed by atoms with Gasteiger partial charge in [-0.05, 0) is 19.9 Å². The van der Waals surface area contributed by atoms with E-state index in [2.05, 4.69) is 20.6 Å². The zero-order chi connectivity index (χ0) is 16.9. The van der Waals surface area contributed by atoms with Gasteiger partial charge in [-0.1, -0.05) is 6.07 Å².